The summed E-state index contributed by atoms with van der Waals surface area (Å²) < 4.78 is 1.49. The van der Waals surface area contributed by atoms with Crippen molar-refractivity contribution in [3.05, 3.63) is 59.7 Å². The third-order valence-corrected chi connectivity index (χ3v) is 4.65. The number of aromatic nitrogens is 4. The van der Waals surface area contributed by atoms with Crippen molar-refractivity contribution in [2.45, 2.75) is 12.1 Å². The van der Waals surface area contributed by atoms with Crippen molar-refractivity contribution in [1.29, 1.82) is 0 Å². The van der Waals surface area contributed by atoms with E-state index < -0.39 is 0 Å². The number of benzene rings is 2. The summed E-state index contributed by atoms with van der Waals surface area (Å²) in [5.74, 6) is -0.414. The molecule has 0 aliphatic heterocycles. The summed E-state index contributed by atoms with van der Waals surface area (Å²) in [5, 5.41) is 17.2. The van der Waals surface area contributed by atoms with Crippen LogP contribution in [0, 0.1) is 6.92 Å². The van der Waals surface area contributed by atoms with Gasteiger partial charge in [0.15, 0.2) is 0 Å². The number of thioether (sulfide) groups is 1. The summed E-state index contributed by atoms with van der Waals surface area (Å²) in [6.45, 7) is 1.95. The molecule has 0 fully saturated rings. The third kappa shape index (κ3) is 4.91. The van der Waals surface area contributed by atoms with Crippen molar-refractivity contribution in [1.82, 2.24) is 20.2 Å². The van der Waals surface area contributed by atoms with Crippen LogP contribution in [0.2, 0.25) is 0 Å². The SMILES string of the molecule is Cc1cccc(NC(=O)c2ccccc2NC(=O)CSc2nnnn2C)c1. The van der Waals surface area contributed by atoms with E-state index in [-0.39, 0.29) is 17.6 Å². The number of para-hydroxylation sites is 1. The Morgan fingerprint density at radius 3 is 2.67 bits per heavy atom. The molecule has 138 valence electrons. The van der Waals surface area contributed by atoms with Gasteiger partial charge in [0.05, 0.1) is 17.0 Å². The number of amides is 2. The number of nitrogens with zero attached hydrogens (tertiary/aromatic N) is 4. The number of nitrogens with one attached hydrogen (secondary N) is 2. The van der Waals surface area contributed by atoms with Gasteiger partial charge in [-0.25, -0.2) is 4.68 Å². The predicted molar refractivity (Wildman–Crippen MR) is 104 cm³/mol. The average Bonchev–Trinajstić information content (AvgIpc) is 3.05. The van der Waals surface area contributed by atoms with Crippen molar-refractivity contribution in [3.8, 4) is 0 Å². The first-order chi connectivity index (χ1) is 13.0. The van der Waals surface area contributed by atoms with Gasteiger partial charge >= 0.3 is 0 Å². The Bertz CT molecular complexity index is 972. The lowest BCUT2D eigenvalue weighted by Gasteiger charge is -2.11. The van der Waals surface area contributed by atoms with Crippen molar-refractivity contribution >= 4 is 35.0 Å². The maximum Gasteiger partial charge on any atom is 0.257 e. The van der Waals surface area contributed by atoms with Crippen LogP contribution < -0.4 is 10.6 Å². The number of aryl methyl sites for hydroxylation is 2. The Kier molecular flexibility index (Phi) is 5.82. The molecule has 0 bridgehead atoms. The quantitative estimate of drug-likeness (QED) is 0.635. The lowest BCUT2D eigenvalue weighted by Crippen LogP contribution is -2.19. The third-order valence-electron chi connectivity index (χ3n) is 3.64. The van der Waals surface area contributed by atoms with Crippen LogP contribution >= 0.6 is 11.8 Å². The number of carbonyl (C=O) groups excluding carboxylic acids is 2. The molecule has 0 saturated heterocycles. The molecule has 0 aliphatic carbocycles. The van der Waals surface area contributed by atoms with Crippen molar-refractivity contribution in [3.63, 3.8) is 0 Å². The van der Waals surface area contributed by atoms with E-state index in [2.05, 4.69) is 26.2 Å². The Hall–Kier alpha value is -3.20. The van der Waals surface area contributed by atoms with Gasteiger partial charge in [-0.2, -0.15) is 0 Å². The first kappa shape index (κ1) is 18.6. The van der Waals surface area contributed by atoms with Crippen LogP contribution in [0.5, 0.6) is 0 Å². The van der Waals surface area contributed by atoms with Crippen molar-refractivity contribution in [2.24, 2.45) is 7.05 Å². The van der Waals surface area contributed by atoms with Crippen LogP contribution in [0.3, 0.4) is 0 Å². The van der Waals surface area contributed by atoms with Gasteiger partial charge in [-0.3, -0.25) is 9.59 Å². The molecule has 0 unspecified atom stereocenters. The smallest absolute Gasteiger partial charge is 0.257 e. The van der Waals surface area contributed by atoms with Crippen LogP contribution in [0.1, 0.15) is 15.9 Å². The topological polar surface area (TPSA) is 102 Å². The number of tetrazole rings is 1. The fourth-order valence-electron chi connectivity index (χ4n) is 2.37. The summed E-state index contributed by atoms with van der Waals surface area (Å²) in [7, 11) is 1.70. The van der Waals surface area contributed by atoms with E-state index in [1.165, 1.54) is 16.4 Å². The molecule has 3 rings (SSSR count). The molecule has 0 atom stereocenters. The molecular formula is C18H18N6O2S. The number of anilines is 2. The molecule has 27 heavy (non-hydrogen) atoms. The van der Waals surface area contributed by atoms with Gasteiger partial charge in [-0.15, -0.1) is 5.10 Å². The lowest BCUT2D eigenvalue weighted by molar-refractivity contribution is -0.113. The van der Waals surface area contributed by atoms with Gasteiger partial charge in [-0.1, -0.05) is 36.0 Å². The fraction of sp³-hybridized carbons (Fsp3) is 0.167. The second-order valence-corrected chi connectivity index (χ2v) is 6.73. The predicted octanol–water partition coefficient (Wildman–Crippen LogP) is 2.50. The normalized spacial score (nSPS) is 10.4. The second kappa shape index (κ2) is 8.45. The van der Waals surface area contributed by atoms with Gasteiger partial charge in [-0.05, 0) is 47.2 Å². The van der Waals surface area contributed by atoms with Gasteiger partial charge in [0.1, 0.15) is 0 Å². The maximum atomic E-state index is 12.6. The summed E-state index contributed by atoms with van der Waals surface area (Å²) in [6.07, 6.45) is 0. The summed E-state index contributed by atoms with van der Waals surface area (Å²) >= 11 is 1.21. The van der Waals surface area contributed by atoms with E-state index in [0.29, 0.717) is 22.1 Å². The second-order valence-electron chi connectivity index (χ2n) is 5.79. The van der Waals surface area contributed by atoms with Gasteiger partial charge in [0.2, 0.25) is 11.1 Å². The molecule has 2 amide bonds. The molecule has 2 aromatic carbocycles. The zero-order valence-corrected chi connectivity index (χ0v) is 15.7. The molecule has 2 N–H and O–H groups in total. The Morgan fingerprint density at radius 1 is 1.11 bits per heavy atom. The molecule has 1 heterocycles. The zero-order valence-electron chi connectivity index (χ0n) is 14.8. The van der Waals surface area contributed by atoms with E-state index >= 15 is 0 Å². The van der Waals surface area contributed by atoms with Crippen LogP contribution in [-0.4, -0.2) is 37.8 Å². The number of hydrogen-bond acceptors (Lipinski definition) is 6. The highest BCUT2D eigenvalue weighted by Gasteiger charge is 2.14. The molecule has 3 aromatic rings. The number of carbonyl (C=O) groups is 2. The van der Waals surface area contributed by atoms with E-state index in [9.17, 15) is 9.59 Å². The highest BCUT2D eigenvalue weighted by atomic mass is 32.2. The molecule has 0 spiro atoms. The van der Waals surface area contributed by atoms with E-state index in [0.717, 1.165) is 5.56 Å². The largest absolute Gasteiger partial charge is 0.325 e. The molecule has 0 radical (unpaired) electrons. The summed E-state index contributed by atoms with van der Waals surface area (Å²) in [4.78, 5) is 24.9. The summed E-state index contributed by atoms with van der Waals surface area (Å²) in [6, 6.07) is 14.4. The maximum absolute atomic E-state index is 12.6. The molecule has 1 aromatic heterocycles. The molecular weight excluding hydrogens is 364 g/mol. The van der Waals surface area contributed by atoms with Gasteiger partial charge in [0, 0.05) is 12.7 Å². The molecule has 8 nitrogen and oxygen atoms in total. The van der Waals surface area contributed by atoms with Crippen molar-refractivity contribution in [2.75, 3.05) is 16.4 Å². The van der Waals surface area contributed by atoms with Crippen molar-refractivity contribution < 1.29 is 9.59 Å². The molecule has 0 aliphatic rings. The zero-order chi connectivity index (χ0) is 19.2. The minimum Gasteiger partial charge on any atom is -0.325 e. The van der Waals surface area contributed by atoms with E-state index in [4.69, 9.17) is 0 Å². The highest BCUT2D eigenvalue weighted by molar-refractivity contribution is 7.99. The Morgan fingerprint density at radius 2 is 1.93 bits per heavy atom. The van der Waals surface area contributed by atoms with E-state index in [1.54, 1.807) is 31.3 Å². The minimum absolute atomic E-state index is 0.127. The standard InChI is InChI=1S/C18H18N6O2S/c1-12-6-5-7-13(10-12)19-17(26)14-8-3-4-9-15(14)20-16(25)11-27-18-21-22-23-24(18)2/h3-10H,11H2,1-2H3,(H,19,26)(H,20,25). The van der Waals surface area contributed by atoms with Crippen LogP contribution in [0.4, 0.5) is 11.4 Å². The highest BCUT2D eigenvalue weighted by Crippen LogP contribution is 2.19. The number of rotatable bonds is 6. The fourth-order valence-corrected chi connectivity index (χ4v) is 3.02. The lowest BCUT2D eigenvalue weighted by atomic mass is 10.1. The first-order valence-electron chi connectivity index (χ1n) is 8.15. The monoisotopic (exact) mass is 382 g/mol. The van der Waals surface area contributed by atoms with Crippen LogP contribution in [0.25, 0.3) is 0 Å². The van der Waals surface area contributed by atoms with Gasteiger partial charge < -0.3 is 10.6 Å². The minimum atomic E-state index is -0.290. The van der Waals surface area contributed by atoms with Crippen LogP contribution in [-0.2, 0) is 11.8 Å². The Balaban J connectivity index is 1.67. The number of hydrogen-bond donors (Lipinski definition) is 2. The Labute approximate surface area is 160 Å². The van der Waals surface area contributed by atoms with Gasteiger partial charge in [0.25, 0.3) is 5.91 Å². The summed E-state index contributed by atoms with van der Waals surface area (Å²) in [5.41, 5.74) is 2.58. The van der Waals surface area contributed by atoms with E-state index in [1.807, 2.05) is 31.2 Å². The van der Waals surface area contributed by atoms with Crippen LogP contribution in [0.15, 0.2) is 53.7 Å². The first-order valence-corrected chi connectivity index (χ1v) is 9.13. The average molecular weight is 382 g/mol. The molecule has 9 heteroatoms. The molecule has 0 saturated carbocycles.